The van der Waals surface area contributed by atoms with Gasteiger partial charge in [-0.15, -0.1) is 0 Å². The van der Waals surface area contributed by atoms with Gasteiger partial charge in [-0.05, 0) is 113 Å². The van der Waals surface area contributed by atoms with Gasteiger partial charge in [0.2, 0.25) is 0 Å². The average Bonchev–Trinajstić information content (AvgIpc) is 2.70. The maximum absolute atomic E-state index is 13.4. The molecule has 5 nitrogen and oxygen atoms in total. The summed E-state index contributed by atoms with van der Waals surface area (Å²) in [6, 6.07) is 12.1. The lowest BCUT2D eigenvalue weighted by Crippen LogP contribution is -2.54. The molecule has 176 valence electrons. The molecule has 0 spiro atoms. The molecule has 0 atom stereocenters. The summed E-state index contributed by atoms with van der Waals surface area (Å²) in [4.78, 5) is 30.1. The van der Waals surface area contributed by atoms with Crippen molar-refractivity contribution in [2.45, 2.75) is 60.0 Å². The maximum atomic E-state index is 13.4. The molecule has 0 bridgehead atoms. The molecule has 1 N–H and O–H groups in total. The molecule has 2 aliphatic rings. The summed E-state index contributed by atoms with van der Waals surface area (Å²) < 4.78 is 0. The van der Waals surface area contributed by atoms with Crippen LogP contribution in [0, 0.1) is 13.8 Å². The average molecular weight is 474 g/mol. The molecule has 4 rings (SSSR count). The zero-order chi connectivity index (χ0) is 24.9. The third kappa shape index (κ3) is 4.07. The van der Waals surface area contributed by atoms with Crippen molar-refractivity contribution in [1.29, 1.82) is 0 Å². The Kier molecular flexibility index (Phi) is 5.98. The van der Waals surface area contributed by atoms with Crippen LogP contribution >= 0.6 is 12.2 Å². The fourth-order valence-electron chi connectivity index (χ4n) is 5.13. The third-order valence-electron chi connectivity index (χ3n) is 6.44. The fourth-order valence-corrected chi connectivity index (χ4v) is 5.41. The van der Waals surface area contributed by atoms with E-state index in [1.54, 1.807) is 6.08 Å². The molecule has 2 aromatic carbocycles. The van der Waals surface area contributed by atoms with E-state index in [4.69, 9.17) is 12.2 Å². The van der Waals surface area contributed by atoms with Crippen molar-refractivity contribution >= 4 is 52.2 Å². The van der Waals surface area contributed by atoms with E-state index in [0.717, 1.165) is 22.3 Å². The standard InChI is InChI=1S/C28H31N3O2S/c1-16(2)31-24-12-18(4)20(13-22(24)19(5)15-28(31,6)7)14-23-25(32)29-27(34)30(26(23)33)21-10-8-9-17(3)11-21/h8-16H,1-7H3,(H,29,32,34)/b23-14+. The van der Waals surface area contributed by atoms with Crippen molar-refractivity contribution in [3.05, 3.63) is 70.3 Å². The number of hydrogen-bond acceptors (Lipinski definition) is 4. The van der Waals surface area contributed by atoms with Gasteiger partial charge in [-0.2, -0.15) is 0 Å². The van der Waals surface area contributed by atoms with Crippen LogP contribution in [0.15, 0.2) is 48.0 Å². The Morgan fingerprint density at radius 2 is 1.76 bits per heavy atom. The summed E-state index contributed by atoms with van der Waals surface area (Å²) >= 11 is 5.34. The number of hydrogen-bond donors (Lipinski definition) is 1. The van der Waals surface area contributed by atoms with Gasteiger partial charge in [-0.25, -0.2) is 0 Å². The van der Waals surface area contributed by atoms with Crippen molar-refractivity contribution < 1.29 is 9.59 Å². The number of carbonyl (C=O) groups excluding carboxylic acids is 2. The third-order valence-corrected chi connectivity index (χ3v) is 6.72. The molecule has 1 saturated heterocycles. The Labute approximate surface area is 207 Å². The van der Waals surface area contributed by atoms with E-state index < -0.39 is 11.8 Å². The van der Waals surface area contributed by atoms with Crippen molar-refractivity contribution in [2.75, 3.05) is 9.80 Å². The van der Waals surface area contributed by atoms with E-state index in [9.17, 15) is 9.59 Å². The summed E-state index contributed by atoms with van der Waals surface area (Å²) in [6.07, 6.45) is 3.96. The van der Waals surface area contributed by atoms with E-state index in [2.05, 4.69) is 63.0 Å². The van der Waals surface area contributed by atoms with Crippen molar-refractivity contribution in [2.24, 2.45) is 0 Å². The first-order chi connectivity index (χ1) is 15.9. The lowest BCUT2D eigenvalue weighted by molar-refractivity contribution is -0.122. The number of rotatable bonds is 3. The van der Waals surface area contributed by atoms with Crippen LogP contribution in [-0.4, -0.2) is 28.5 Å². The van der Waals surface area contributed by atoms with Crippen LogP contribution in [-0.2, 0) is 9.59 Å². The summed E-state index contributed by atoms with van der Waals surface area (Å²) in [5.41, 5.74) is 6.89. The van der Waals surface area contributed by atoms with Crippen molar-refractivity contribution in [1.82, 2.24) is 5.32 Å². The Morgan fingerprint density at radius 3 is 2.41 bits per heavy atom. The number of fused-ring (bicyclic) bond motifs is 1. The summed E-state index contributed by atoms with van der Waals surface area (Å²) in [5, 5.41) is 2.77. The van der Waals surface area contributed by atoms with Gasteiger partial charge < -0.3 is 4.90 Å². The molecule has 0 radical (unpaired) electrons. The molecule has 0 aliphatic carbocycles. The quantitative estimate of drug-likeness (QED) is 0.361. The SMILES string of the molecule is CC1=CC(C)(C)N(C(C)C)c2cc(C)c(/C=C3\C(=O)NC(=S)N(c4cccc(C)c4)C3=O)cc21. The van der Waals surface area contributed by atoms with Crippen LogP contribution in [0.1, 0.15) is 56.9 Å². The lowest BCUT2D eigenvalue weighted by Gasteiger charge is -2.46. The second kappa shape index (κ2) is 8.51. The minimum Gasteiger partial charge on any atom is -0.360 e. The van der Waals surface area contributed by atoms with Crippen LogP contribution in [0.4, 0.5) is 11.4 Å². The molecule has 2 amide bonds. The predicted molar refractivity (Wildman–Crippen MR) is 144 cm³/mol. The number of carbonyl (C=O) groups is 2. The molecule has 2 heterocycles. The zero-order valence-electron chi connectivity index (χ0n) is 20.8. The van der Waals surface area contributed by atoms with Gasteiger partial charge in [0.1, 0.15) is 5.57 Å². The Bertz CT molecular complexity index is 1290. The monoisotopic (exact) mass is 473 g/mol. The first-order valence-electron chi connectivity index (χ1n) is 11.5. The summed E-state index contributed by atoms with van der Waals surface area (Å²) in [6.45, 7) is 14.9. The number of nitrogens with zero attached hydrogens (tertiary/aromatic N) is 2. The predicted octanol–water partition coefficient (Wildman–Crippen LogP) is 5.55. The molecule has 0 saturated carbocycles. The van der Waals surface area contributed by atoms with E-state index in [0.29, 0.717) is 11.7 Å². The highest BCUT2D eigenvalue weighted by atomic mass is 32.1. The minimum absolute atomic E-state index is 0.0663. The lowest BCUT2D eigenvalue weighted by atomic mass is 9.85. The van der Waals surface area contributed by atoms with E-state index in [-0.39, 0.29) is 16.2 Å². The van der Waals surface area contributed by atoms with E-state index >= 15 is 0 Å². The molecular formula is C28H31N3O2S. The number of thiocarbonyl (C=S) groups is 1. The maximum Gasteiger partial charge on any atom is 0.270 e. The van der Waals surface area contributed by atoms with Crippen LogP contribution in [0.5, 0.6) is 0 Å². The molecule has 2 aliphatic heterocycles. The number of allylic oxidation sites excluding steroid dienone is 1. The van der Waals surface area contributed by atoms with Crippen LogP contribution in [0.2, 0.25) is 0 Å². The fraction of sp³-hybridized carbons (Fsp3) is 0.321. The highest BCUT2D eigenvalue weighted by Crippen LogP contribution is 2.42. The molecule has 1 fully saturated rings. The van der Waals surface area contributed by atoms with Gasteiger partial charge in [0, 0.05) is 17.3 Å². The molecule has 0 aromatic heterocycles. The topological polar surface area (TPSA) is 52.7 Å². The van der Waals surface area contributed by atoms with Crippen LogP contribution in [0.25, 0.3) is 11.6 Å². The van der Waals surface area contributed by atoms with Gasteiger partial charge in [0.05, 0.1) is 11.2 Å². The number of anilines is 2. The van der Waals surface area contributed by atoms with Gasteiger partial charge in [0.25, 0.3) is 11.8 Å². The highest BCUT2D eigenvalue weighted by molar-refractivity contribution is 7.80. The van der Waals surface area contributed by atoms with Crippen molar-refractivity contribution in [3.8, 4) is 0 Å². The summed E-state index contributed by atoms with van der Waals surface area (Å²) in [5.74, 6) is -0.901. The smallest absolute Gasteiger partial charge is 0.270 e. The summed E-state index contributed by atoms with van der Waals surface area (Å²) in [7, 11) is 0. The molecule has 6 heteroatoms. The van der Waals surface area contributed by atoms with E-state index in [1.165, 1.54) is 16.2 Å². The largest absolute Gasteiger partial charge is 0.360 e. The molecule has 0 unspecified atom stereocenters. The molecular weight excluding hydrogens is 442 g/mol. The highest BCUT2D eigenvalue weighted by Gasteiger charge is 2.36. The normalized spacial score (nSPS) is 18.9. The van der Waals surface area contributed by atoms with Crippen LogP contribution in [0.3, 0.4) is 0 Å². The zero-order valence-corrected chi connectivity index (χ0v) is 21.6. The van der Waals surface area contributed by atoms with E-state index in [1.807, 2.05) is 38.1 Å². The second-order valence-electron chi connectivity index (χ2n) is 9.97. The first kappa shape index (κ1) is 23.9. The Morgan fingerprint density at radius 1 is 1.06 bits per heavy atom. The van der Waals surface area contributed by atoms with Gasteiger partial charge in [0.15, 0.2) is 5.11 Å². The van der Waals surface area contributed by atoms with Gasteiger partial charge >= 0.3 is 0 Å². The first-order valence-corrected chi connectivity index (χ1v) is 11.9. The Hall–Kier alpha value is -3.25. The number of aryl methyl sites for hydroxylation is 2. The number of amides is 2. The molecule has 2 aromatic rings. The molecule has 34 heavy (non-hydrogen) atoms. The minimum atomic E-state index is -0.478. The number of benzene rings is 2. The number of nitrogens with one attached hydrogen (secondary N) is 1. The van der Waals surface area contributed by atoms with Crippen LogP contribution < -0.4 is 15.1 Å². The van der Waals surface area contributed by atoms with Crippen molar-refractivity contribution in [3.63, 3.8) is 0 Å². The van der Waals surface area contributed by atoms with Gasteiger partial charge in [-0.3, -0.25) is 19.8 Å². The second-order valence-corrected chi connectivity index (χ2v) is 10.4. The Balaban J connectivity index is 1.81. The van der Waals surface area contributed by atoms with Gasteiger partial charge in [-0.1, -0.05) is 18.2 Å².